The molecule has 0 spiro atoms. The van der Waals surface area contributed by atoms with E-state index in [1.807, 2.05) is 0 Å². The first-order valence-electron chi connectivity index (χ1n) is 13.4. The van der Waals surface area contributed by atoms with Crippen molar-refractivity contribution in [1.29, 1.82) is 0 Å². The number of fused-ring (bicyclic) bond motifs is 1. The number of rotatable bonds is 9. The monoisotopic (exact) mass is 516 g/mol. The second-order valence-electron chi connectivity index (χ2n) is 8.68. The van der Waals surface area contributed by atoms with E-state index in [1.165, 1.54) is 33.1 Å². The average Bonchev–Trinajstić information content (AvgIpc) is 3.61. The van der Waals surface area contributed by atoms with Crippen molar-refractivity contribution in [3.63, 3.8) is 0 Å². The molecule has 4 rings (SSSR count). The molecule has 1 fully saturated rings. The van der Waals surface area contributed by atoms with Crippen LogP contribution >= 0.6 is 0 Å². The van der Waals surface area contributed by atoms with Gasteiger partial charge in [0.15, 0.2) is 11.5 Å². The third-order valence-electron chi connectivity index (χ3n) is 5.83. The van der Waals surface area contributed by atoms with Crippen LogP contribution in [0.3, 0.4) is 0 Å². The lowest BCUT2D eigenvalue weighted by Gasteiger charge is -2.21. The van der Waals surface area contributed by atoms with E-state index in [-0.39, 0.29) is 46.7 Å². The lowest BCUT2D eigenvalue weighted by atomic mass is 10.0. The summed E-state index contributed by atoms with van der Waals surface area (Å²) in [4.78, 5) is 8.49. The van der Waals surface area contributed by atoms with E-state index in [2.05, 4.69) is 15.3 Å². The van der Waals surface area contributed by atoms with Crippen molar-refractivity contribution < 1.29 is 43.0 Å². The first kappa shape index (κ1) is 19.9. The molecule has 194 valence electrons. The average molecular weight is 517 g/mol. The van der Waals surface area contributed by atoms with Crippen LogP contribution < -0.4 is 14.8 Å². The maximum Gasteiger partial charge on any atom is 0.419 e. The Kier molecular flexibility index (Phi) is 5.36. The van der Waals surface area contributed by atoms with Gasteiger partial charge >= 0.3 is 6.18 Å². The molecule has 11 heteroatoms. The molecule has 0 amide bonds. The van der Waals surface area contributed by atoms with E-state index in [4.69, 9.17) is 21.1 Å². The molecule has 1 aliphatic carbocycles. The second-order valence-corrected chi connectivity index (χ2v) is 8.68. The van der Waals surface area contributed by atoms with Crippen LogP contribution in [0.2, 0.25) is 0 Å². The van der Waals surface area contributed by atoms with Gasteiger partial charge in [-0.05, 0) is 44.9 Å². The highest BCUT2D eigenvalue weighted by molar-refractivity contribution is 5.92. The molecule has 1 N–H and O–H groups in total. The number of aryl methyl sites for hydroxylation is 1. The third kappa shape index (κ3) is 5.30. The standard InChI is InChI=1S/C25H26F5N3O3/c1-13(16-7-15(26)8-18(22(16)27)25(28,29)30)31-23-17-9-21(36-12-24(5-6-24)11-34-3)20(35-4)10-19(17)32-14(2)33-23/h7-10,13H,5-6,11-12H2,1-4H3,(H,31,32,33)/t13-/m1/s1/i4D3,12D2. The fourth-order valence-electron chi connectivity index (χ4n) is 3.80. The molecule has 0 aliphatic heterocycles. The Bertz CT molecular complexity index is 1470. The van der Waals surface area contributed by atoms with Crippen molar-refractivity contribution in [2.75, 3.05) is 32.6 Å². The molecular weight excluding hydrogens is 485 g/mol. The number of aromatic nitrogens is 2. The molecule has 1 aliphatic rings. The summed E-state index contributed by atoms with van der Waals surface area (Å²) in [5.74, 6) is -3.52. The number of alkyl halides is 3. The summed E-state index contributed by atoms with van der Waals surface area (Å²) < 4.78 is 124. The van der Waals surface area contributed by atoms with Crippen LogP contribution in [0.4, 0.5) is 27.8 Å². The number of halogens is 5. The van der Waals surface area contributed by atoms with Gasteiger partial charge in [-0.3, -0.25) is 0 Å². The smallest absolute Gasteiger partial charge is 0.419 e. The molecule has 2 aromatic carbocycles. The van der Waals surface area contributed by atoms with Gasteiger partial charge in [0.25, 0.3) is 0 Å². The zero-order valence-corrected chi connectivity index (χ0v) is 19.5. The zero-order chi connectivity index (χ0) is 30.5. The highest BCUT2D eigenvalue weighted by Crippen LogP contribution is 2.47. The van der Waals surface area contributed by atoms with Crippen molar-refractivity contribution in [3.05, 3.63) is 52.9 Å². The SMILES string of the molecule is [2H]C([2H])([2H])Oc1cc2nc(C)nc(N[C@H](C)c3cc(F)cc(C(F)(F)F)c3F)c2cc1OC([2H])([2H])C1(COC)CC1. The maximum atomic E-state index is 14.8. The maximum absolute atomic E-state index is 14.8. The minimum absolute atomic E-state index is 0.0365. The van der Waals surface area contributed by atoms with Gasteiger partial charge in [0.2, 0.25) is 0 Å². The number of nitrogens with zero attached hydrogens (tertiary/aromatic N) is 2. The summed E-state index contributed by atoms with van der Waals surface area (Å²) in [6.45, 7) is 0.489. The van der Waals surface area contributed by atoms with Gasteiger partial charge in [-0.2, -0.15) is 13.2 Å². The Balaban J connectivity index is 1.81. The van der Waals surface area contributed by atoms with Gasteiger partial charge in [-0.1, -0.05) is 0 Å². The predicted octanol–water partition coefficient (Wildman–Crippen LogP) is 6.22. The summed E-state index contributed by atoms with van der Waals surface area (Å²) in [5, 5.41) is 2.88. The van der Waals surface area contributed by atoms with Gasteiger partial charge in [0, 0.05) is 29.5 Å². The quantitative estimate of drug-likeness (QED) is 0.341. The Hall–Kier alpha value is -3.21. The number of hydrogen-bond acceptors (Lipinski definition) is 6. The molecule has 1 saturated carbocycles. The third-order valence-corrected chi connectivity index (χ3v) is 5.83. The van der Waals surface area contributed by atoms with Crippen LogP contribution in [-0.2, 0) is 10.9 Å². The number of benzene rings is 2. The van der Waals surface area contributed by atoms with Gasteiger partial charge in [0.1, 0.15) is 23.3 Å². The van der Waals surface area contributed by atoms with Crippen molar-refractivity contribution >= 4 is 16.7 Å². The van der Waals surface area contributed by atoms with Gasteiger partial charge < -0.3 is 19.5 Å². The highest BCUT2D eigenvalue weighted by Gasteiger charge is 2.44. The van der Waals surface area contributed by atoms with Crippen molar-refractivity contribution in [3.8, 4) is 11.5 Å². The molecule has 1 heterocycles. The largest absolute Gasteiger partial charge is 0.493 e. The van der Waals surface area contributed by atoms with Gasteiger partial charge in [-0.25, -0.2) is 18.7 Å². The van der Waals surface area contributed by atoms with Crippen molar-refractivity contribution in [1.82, 2.24) is 9.97 Å². The molecule has 1 aromatic heterocycles. The lowest BCUT2D eigenvalue weighted by molar-refractivity contribution is -0.140. The number of nitrogens with one attached hydrogen (secondary N) is 1. The molecule has 0 unspecified atom stereocenters. The fraction of sp³-hybridized carbons (Fsp3) is 0.440. The minimum atomic E-state index is -5.13. The van der Waals surface area contributed by atoms with E-state index in [1.54, 1.807) is 0 Å². The summed E-state index contributed by atoms with van der Waals surface area (Å²) in [5.41, 5.74) is -3.27. The predicted molar refractivity (Wildman–Crippen MR) is 123 cm³/mol. The molecule has 0 radical (unpaired) electrons. The molecule has 3 aromatic rings. The Morgan fingerprint density at radius 1 is 1.17 bits per heavy atom. The minimum Gasteiger partial charge on any atom is -0.493 e. The van der Waals surface area contributed by atoms with Gasteiger partial charge in [0.05, 0.1) is 44.2 Å². The molecule has 0 bridgehead atoms. The van der Waals surface area contributed by atoms with Crippen molar-refractivity contribution in [2.45, 2.75) is 38.9 Å². The summed E-state index contributed by atoms with van der Waals surface area (Å²) >= 11 is 0. The number of methoxy groups -OCH3 is 2. The van der Waals surface area contributed by atoms with Crippen LogP contribution in [0, 0.1) is 24.0 Å². The van der Waals surface area contributed by atoms with Crippen LogP contribution in [0.1, 0.15) is 49.6 Å². The summed E-state index contributed by atoms with van der Waals surface area (Å²) in [6, 6.07) is 1.87. The topological polar surface area (TPSA) is 65.5 Å². The molecule has 6 nitrogen and oxygen atoms in total. The van der Waals surface area contributed by atoms with E-state index >= 15 is 0 Å². The lowest BCUT2D eigenvalue weighted by Crippen LogP contribution is -2.19. The molecule has 1 atom stereocenters. The van der Waals surface area contributed by atoms with E-state index in [9.17, 15) is 22.0 Å². The highest BCUT2D eigenvalue weighted by atomic mass is 19.4. The first-order chi connectivity index (χ1) is 18.9. The van der Waals surface area contributed by atoms with Crippen LogP contribution in [0.25, 0.3) is 10.9 Å². The summed E-state index contributed by atoms with van der Waals surface area (Å²) in [7, 11) is -1.53. The number of hydrogen-bond donors (Lipinski definition) is 1. The van der Waals surface area contributed by atoms with Gasteiger partial charge in [-0.15, -0.1) is 0 Å². The van der Waals surface area contributed by atoms with E-state index in [0.717, 1.165) is 0 Å². The van der Waals surface area contributed by atoms with E-state index in [0.29, 0.717) is 18.9 Å². The van der Waals surface area contributed by atoms with Crippen LogP contribution in [-0.4, -0.2) is 37.3 Å². The fourth-order valence-corrected chi connectivity index (χ4v) is 3.80. The van der Waals surface area contributed by atoms with Crippen LogP contribution in [0.15, 0.2) is 24.3 Å². The molecule has 36 heavy (non-hydrogen) atoms. The molecular formula is C25H26F5N3O3. The van der Waals surface area contributed by atoms with Crippen LogP contribution in [0.5, 0.6) is 11.5 Å². The second kappa shape index (κ2) is 9.68. The normalized spacial score (nSPS) is 18.4. The number of anilines is 1. The van der Waals surface area contributed by atoms with Crippen molar-refractivity contribution in [2.24, 2.45) is 5.41 Å². The number of ether oxygens (including phenoxy) is 3. The first-order valence-corrected chi connectivity index (χ1v) is 10.9. The Labute approximate surface area is 211 Å². The summed E-state index contributed by atoms with van der Waals surface area (Å²) in [6.07, 6.45) is -4.24. The van der Waals surface area contributed by atoms with E-state index < -0.39 is 54.0 Å². The Morgan fingerprint density at radius 3 is 2.56 bits per heavy atom. The zero-order valence-electron chi connectivity index (χ0n) is 24.5. The Morgan fingerprint density at radius 2 is 1.92 bits per heavy atom. The molecule has 0 saturated heterocycles.